The zero-order chi connectivity index (χ0) is 31.5. The number of benzene rings is 2. The van der Waals surface area contributed by atoms with Crippen molar-refractivity contribution in [2.75, 3.05) is 44.7 Å². The topological polar surface area (TPSA) is 103 Å². The summed E-state index contributed by atoms with van der Waals surface area (Å²) in [4.78, 5) is 54.9. The van der Waals surface area contributed by atoms with Gasteiger partial charge < -0.3 is 19.9 Å². The molecule has 11 heteroatoms. The van der Waals surface area contributed by atoms with E-state index in [9.17, 15) is 23.6 Å². The maximum Gasteiger partial charge on any atom is 0.410 e. The highest BCUT2D eigenvalue weighted by Gasteiger charge is 2.29. The molecule has 0 aromatic heterocycles. The molecule has 1 aliphatic heterocycles. The Kier molecular flexibility index (Phi) is 9.74. The number of carbonyl (C=O) groups excluding carboxylic acids is 4. The van der Waals surface area contributed by atoms with Crippen LogP contribution in [0.15, 0.2) is 30.3 Å². The molecule has 0 saturated carbocycles. The monoisotopic (exact) mass is 595 g/mol. The van der Waals surface area contributed by atoms with Gasteiger partial charge in [0, 0.05) is 57.4 Å². The van der Waals surface area contributed by atoms with Gasteiger partial charge in [-0.2, -0.15) is 0 Å². The molecular weight excluding hydrogens is 553 g/mol. The number of Topliss-reactive ketones (excluding diaryl/α,β-unsaturated/α-hetero) is 1. The van der Waals surface area contributed by atoms with Gasteiger partial charge in [-0.3, -0.25) is 19.4 Å². The molecule has 43 heavy (non-hydrogen) atoms. The molecule has 0 fully saturated rings. The number of hydrazine groups is 1. The van der Waals surface area contributed by atoms with Gasteiger partial charge in [-0.25, -0.2) is 14.2 Å². The van der Waals surface area contributed by atoms with E-state index in [4.69, 9.17) is 4.74 Å². The molecule has 2 aliphatic rings. The number of hydrogen-bond donors (Lipinski definition) is 1. The molecule has 0 saturated heterocycles. The molecule has 2 aromatic rings. The number of hydrogen-bond acceptors (Lipinski definition) is 7. The van der Waals surface area contributed by atoms with Crippen LogP contribution in [0.2, 0.25) is 0 Å². The van der Waals surface area contributed by atoms with Crippen LogP contribution in [-0.4, -0.2) is 84.0 Å². The largest absolute Gasteiger partial charge is 0.444 e. The Morgan fingerprint density at radius 3 is 2.44 bits per heavy atom. The van der Waals surface area contributed by atoms with E-state index < -0.39 is 11.7 Å². The summed E-state index contributed by atoms with van der Waals surface area (Å²) in [7, 11) is 1.66. The molecule has 1 N–H and O–H groups in total. The van der Waals surface area contributed by atoms with Gasteiger partial charge in [-0.15, -0.1) is 0 Å². The first-order chi connectivity index (χ1) is 20.3. The SMILES string of the molecule is CCN(CCNC(=O)CN(CC(=O)N(C)N1Cc2ccc(F)cc2C1)c1cc2c(cc1C)CCC2=O)C(=O)OC(C)(C)C. The molecule has 1 aliphatic carbocycles. The number of fused-ring (bicyclic) bond motifs is 2. The number of aryl methyl sites for hydroxylation is 2. The standard InChI is InChI=1S/C32H42FN5O5/c1-7-36(31(42)43-32(3,4)5)13-12-34-29(40)19-37(27-16-26-22(14-21(27)2)9-11-28(26)39)20-30(41)35(6)38-17-23-8-10-25(33)15-24(23)18-38/h8,10,14-16H,7,9,11-13,17-20H2,1-6H3,(H,34,40). The second-order valence-corrected chi connectivity index (χ2v) is 12.1. The lowest BCUT2D eigenvalue weighted by atomic mass is 10.0. The van der Waals surface area contributed by atoms with Crippen molar-refractivity contribution in [2.24, 2.45) is 0 Å². The minimum absolute atomic E-state index is 0.0490. The lowest BCUT2D eigenvalue weighted by Gasteiger charge is -2.32. The molecule has 10 nitrogen and oxygen atoms in total. The molecule has 3 amide bonds. The average Bonchev–Trinajstić information content (AvgIpc) is 3.51. The van der Waals surface area contributed by atoms with Crippen LogP contribution < -0.4 is 10.2 Å². The summed E-state index contributed by atoms with van der Waals surface area (Å²) >= 11 is 0. The predicted molar refractivity (Wildman–Crippen MR) is 161 cm³/mol. The van der Waals surface area contributed by atoms with Crippen LogP contribution in [0.1, 0.15) is 66.7 Å². The van der Waals surface area contributed by atoms with Crippen molar-refractivity contribution in [3.63, 3.8) is 0 Å². The van der Waals surface area contributed by atoms with Crippen molar-refractivity contribution < 1.29 is 28.3 Å². The molecule has 0 bridgehead atoms. The normalized spacial score (nSPS) is 14.3. The lowest BCUT2D eigenvalue weighted by Crippen LogP contribution is -2.48. The number of nitrogens with zero attached hydrogens (tertiary/aromatic N) is 4. The summed E-state index contributed by atoms with van der Waals surface area (Å²) < 4.78 is 19.2. The van der Waals surface area contributed by atoms with E-state index in [0.29, 0.717) is 43.7 Å². The van der Waals surface area contributed by atoms with Gasteiger partial charge in [0.25, 0.3) is 5.91 Å². The van der Waals surface area contributed by atoms with Crippen molar-refractivity contribution in [1.29, 1.82) is 0 Å². The highest BCUT2D eigenvalue weighted by molar-refractivity contribution is 6.01. The van der Waals surface area contributed by atoms with Crippen LogP contribution in [0.3, 0.4) is 0 Å². The third-order valence-electron chi connectivity index (χ3n) is 7.74. The molecule has 0 unspecified atom stereocenters. The summed E-state index contributed by atoms with van der Waals surface area (Å²) in [6.07, 6.45) is 0.672. The number of carbonyl (C=O) groups is 4. The van der Waals surface area contributed by atoms with Crippen LogP contribution >= 0.6 is 0 Å². The summed E-state index contributed by atoms with van der Waals surface area (Å²) in [5.74, 6) is -0.852. The van der Waals surface area contributed by atoms with E-state index in [1.807, 2.05) is 24.9 Å². The molecule has 0 spiro atoms. The van der Waals surface area contributed by atoms with Crippen LogP contribution in [0, 0.1) is 12.7 Å². The number of ketones is 1. The maximum atomic E-state index is 13.8. The Morgan fingerprint density at radius 2 is 1.74 bits per heavy atom. The van der Waals surface area contributed by atoms with Crippen LogP contribution in [0.5, 0.6) is 0 Å². The lowest BCUT2D eigenvalue weighted by molar-refractivity contribution is -0.145. The summed E-state index contributed by atoms with van der Waals surface area (Å²) in [5, 5.41) is 6.20. The number of amides is 3. The van der Waals surface area contributed by atoms with Gasteiger partial charge in [0.2, 0.25) is 5.91 Å². The Morgan fingerprint density at radius 1 is 1.02 bits per heavy atom. The molecular formula is C32H42FN5O5. The third-order valence-corrected chi connectivity index (χ3v) is 7.74. The first-order valence-electron chi connectivity index (χ1n) is 14.7. The van der Waals surface area contributed by atoms with Crippen molar-refractivity contribution in [1.82, 2.24) is 20.2 Å². The van der Waals surface area contributed by atoms with E-state index in [0.717, 1.165) is 22.3 Å². The molecule has 2 aromatic carbocycles. The second-order valence-electron chi connectivity index (χ2n) is 12.1. The summed E-state index contributed by atoms with van der Waals surface area (Å²) in [6, 6.07) is 8.37. The molecule has 232 valence electrons. The second kappa shape index (κ2) is 13.1. The van der Waals surface area contributed by atoms with Crippen molar-refractivity contribution in [2.45, 2.75) is 66.2 Å². The van der Waals surface area contributed by atoms with Gasteiger partial charge in [0.15, 0.2) is 5.78 Å². The minimum Gasteiger partial charge on any atom is -0.444 e. The molecule has 1 heterocycles. The fraction of sp³-hybridized carbons (Fsp3) is 0.500. The van der Waals surface area contributed by atoms with Gasteiger partial charge in [0.05, 0.1) is 13.1 Å². The highest BCUT2D eigenvalue weighted by Crippen LogP contribution is 2.31. The fourth-order valence-electron chi connectivity index (χ4n) is 5.42. The van der Waals surface area contributed by atoms with Crippen LogP contribution in [0.4, 0.5) is 14.9 Å². The number of halogens is 1. The predicted octanol–water partition coefficient (Wildman–Crippen LogP) is 3.83. The maximum absolute atomic E-state index is 13.8. The first kappa shape index (κ1) is 31.9. The number of rotatable bonds is 10. The number of likely N-dealkylation sites (N-methyl/N-ethyl adjacent to an activating group) is 2. The number of anilines is 1. The van der Waals surface area contributed by atoms with Gasteiger partial charge in [0.1, 0.15) is 11.4 Å². The van der Waals surface area contributed by atoms with Gasteiger partial charge in [-0.1, -0.05) is 12.1 Å². The molecule has 0 radical (unpaired) electrons. The van der Waals surface area contributed by atoms with Crippen molar-refractivity contribution in [3.05, 3.63) is 64.0 Å². The zero-order valence-electron chi connectivity index (χ0n) is 26.0. The highest BCUT2D eigenvalue weighted by atomic mass is 19.1. The van der Waals surface area contributed by atoms with E-state index in [1.165, 1.54) is 22.0 Å². The summed E-state index contributed by atoms with van der Waals surface area (Å²) in [6.45, 7) is 10.7. The Balaban J connectivity index is 1.46. The van der Waals surface area contributed by atoms with E-state index in [-0.39, 0.29) is 49.6 Å². The first-order valence-corrected chi connectivity index (χ1v) is 14.7. The van der Waals surface area contributed by atoms with Crippen LogP contribution in [-0.2, 0) is 33.8 Å². The Hall–Kier alpha value is -3.99. The summed E-state index contributed by atoms with van der Waals surface area (Å²) in [5.41, 5.74) is 4.26. The number of nitrogens with one attached hydrogen (secondary N) is 1. The van der Waals surface area contributed by atoms with Gasteiger partial charge >= 0.3 is 6.09 Å². The molecule has 0 atom stereocenters. The quantitative estimate of drug-likeness (QED) is 0.446. The minimum atomic E-state index is -0.628. The third kappa shape index (κ3) is 7.90. The Bertz CT molecular complexity index is 1410. The van der Waals surface area contributed by atoms with E-state index in [2.05, 4.69) is 5.32 Å². The zero-order valence-corrected chi connectivity index (χ0v) is 26.0. The van der Waals surface area contributed by atoms with Crippen molar-refractivity contribution >= 4 is 29.4 Å². The number of ether oxygens (including phenoxy) is 1. The average molecular weight is 596 g/mol. The molecule has 4 rings (SSSR count). The smallest absolute Gasteiger partial charge is 0.410 e. The van der Waals surface area contributed by atoms with E-state index in [1.54, 1.807) is 44.9 Å². The van der Waals surface area contributed by atoms with Crippen molar-refractivity contribution in [3.8, 4) is 0 Å². The van der Waals surface area contributed by atoms with Gasteiger partial charge in [-0.05, 0) is 81.5 Å². The Labute approximate surface area is 252 Å². The fourth-order valence-corrected chi connectivity index (χ4v) is 5.42. The van der Waals surface area contributed by atoms with E-state index >= 15 is 0 Å². The van der Waals surface area contributed by atoms with Crippen LogP contribution in [0.25, 0.3) is 0 Å².